The lowest BCUT2D eigenvalue weighted by atomic mass is 10.1. The van der Waals surface area contributed by atoms with E-state index in [0.717, 1.165) is 19.4 Å². The summed E-state index contributed by atoms with van der Waals surface area (Å²) in [6.07, 6.45) is 3.24. The van der Waals surface area contributed by atoms with Crippen LogP contribution in [-0.2, 0) is 0 Å². The van der Waals surface area contributed by atoms with Gasteiger partial charge in [-0.05, 0) is 19.4 Å². The van der Waals surface area contributed by atoms with Crippen LogP contribution in [0.15, 0.2) is 0 Å². The highest BCUT2D eigenvalue weighted by Crippen LogP contribution is 1.95. The largest absolute Gasteiger partial charge is 0.330 e. The topological polar surface area (TPSA) is 52.0 Å². The van der Waals surface area contributed by atoms with Gasteiger partial charge in [0.15, 0.2) is 0 Å². The molecular formula is C6H17ClN2. The van der Waals surface area contributed by atoms with Crippen LogP contribution in [0, 0.1) is 0 Å². The van der Waals surface area contributed by atoms with E-state index >= 15 is 0 Å². The Bertz CT molecular complexity index is 44.3. The lowest BCUT2D eigenvalue weighted by Crippen LogP contribution is -2.22. The molecule has 0 aliphatic heterocycles. The molecule has 0 fully saturated rings. The summed E-state index contributed by atoms with van der Waals surface area (Å²) in [6, 6.07) is 0.338. The molecule has 3 heteroatoms. The van der Waals surface area contributed by atoms with Crippen LogP contribution < -0.4 is 11.5 Å². The Morgan fingerprint density at radius 2 is 1.89 bits per heavy atom. The fourth-order valence-electron chi connectivity index (χ4n) is 0.729. The monoisotopic (exact) mass is 152 g/mol. The Labute approximate surface area is 63.4 Å². The quantitative estimate of drug-likeness (QED) is 0.629. The fraction of sp³-hybridized carbons (Fsp3) is 1.00. The summed E-state index contributed by atoms with van der Waals surface area (Å²) in [5, 5.41) is 0. The molecule has 0 aromatic heterocycles. The van der Waals surface area contributed by atoms with Crippen LogP contribution in [0.2, 0.25) is 0 Å². The molecular weight excluding hydrogens is 136 g/mol. The second-order valence-corrected chi connectivity index (χ2v) is 2.13. The molecule has 4 N–H and O–H groups in total. The summed E-state index contributed by atoms with van der Waals surface area (Å²) in [4.78, 5) is 0. The first-order valence-electron chi connectivity index (χ1n) is 3.27. The minimum absolute atomic E-state index is 0. The van der Waals surface area contributed by atoms with Gasteiger partial charge in [0, 0.05) is 6.04 Å². The molecule has 2 nitrogen and oxygen atoms in total. The van der Waals surface area contributed by atoms with Crippen LogP contribution >= 0.6 is 12.4 Å². The number of halogens is 1. The third kappa shape index (κ3) is 8.21. The van der Waals surface area contributed by atoms with Crippen molar-refractivity contribution in [1.82, 2.24) is 0 Å². The van der Waals surface area contributed by atoms with Gasteiger partial charge in [-0.1, -0.05) is 13.3 Å². The van der Waals surface area contributed by atoms with Crippen LogP contribution in [0.5, 0.6) is 0 Å². The predicted molar refractivity (Wildman–Crippen MR) is 43.8 cm³/mol. The zero-order chi connectivity index (χ0) is 6.41. The van der Waals surface area contributed by atoms with E-state index in [-0.39, 0.29) is 12.4 Å². The standard InChI is InChI=1S/C6H16N2.ClH/c1-2-3-6(8)4-5-7;/h6H,2-5,7-8H2,1H3;1H. The van der Waals surface area contributed by atoms with E-state index in [2.05, 4.69) is 6.92 Å². The highest BCUT2D eigenvalue weighted by molar-refractivity contribution is 5.85. The van der Waals surface area contributed by atoms with Gasteiger partial charge in [-0.3, -0.25) is 0 Å². The zero-order valence-electron chi connectivity index (χ0n) is 5.97. The first-order valence-corrected chi connectivity index (χ1v) is 3.27. The Morgan fingerprint density at radius 3 is 2.22 bits per heavy atom. The van der Waals surface area contributed by atoms with Gasteiger partial charge in [0.05, 0.1) is 0 Å². The Hall–Kier alpha value is 0.210. The van der Waals surface area contributed by atoms with E-state index in [9.17, 15) is 0 Å². The van der Waals surface area contributed by atoms with Crippen molar-refractivity contribution in [2.75, 3.05) is 6.54 Å². The van der Waals surface area contributed by atoms with Crippen LogP contribution in [0.4, 0.5) is 0 Å². The molecule has 0 rings (SSSR count). The molecule has 0 bridgehead atoms. The van der Waals surface area contributed by atoms with Crippen LogP contribution in [0.3, 0.4) is 0 Å². The molecule has 0 aromatic carbocycles. The summed E-state index contributed by atoms with van der Waals surface area (Å²) in [5.74, 6) is 0. The lowest BCUT2D eigenvalue weighted by Gasteiger charge is -2.05. The molecule has 1 unspecified atom stereocenters. The molecule has 0 aromatic rings. The van der Waals surface area contributed by atoms with Crippen molar-refractivity contribution in [1.29, 1.82) is 0 Å². The van der Waals surface area contributed by atoms with Crippen molar-refractivity contribution in [2.45, 2.75) is 32.2 Å². The maximum absolute atomic E-state index is 5.61. The van der Waals surface area contributed by atoms with Crippen molar-refractivity contribution in [3.63, 3.8) is 0 Å². The van der Waals surface area contributed by atoms with Gasteiger partial charge in [0.25, 0.3) is 0 Å². The van der Waals surface area contributed by atoms with Gasteiger partial charge in [-0.2, -0.15) is 0 Å². The van der Waals surface area contributed by atoms with Crippen molar-refractivity contribution in [2.24, 2.45) is 11.5 Å². The van der Waals surface area contributed by atoms with Gasteiger partial charge in [-0.25, -0.2) is 0 Å². The predicted octanol–water partition coefficient (Wildman–Crippen LogP) is 0.884. The van der Waals surface area contributed by atoms with E-state index in [1.807, 2.05) is 0 Å². The third-order valence-corrected chi connectivity index (χ3v) is 1.20. The van der Waals surface area contributed by atoms with Crippen LogP contribution in [0.1, 0.15) is 26.2 Å². The Balaban J connectivity index is 0. The average molecular weight is 153 g/mol. The summed E-state index contributed by atoms with van der Waals surface area (Å²) in [7, 11) is 0. The Morgan fingerprint density at radius 1 is 1.33 bits per heavy atom. The van der Waals surface area contributed by atoms with E-state index in [1.165, 1.54) is 6.42 Å². The summed E-state index contributed by atoms with van der Waals surface area (Å²) in [6.45, 7) is 2.86. The minimum atomic E-state index is 0. The normalized spacial score (nSPS) is 12.3. The second kappa shape index (κ2) is 8.21. The highest BCUT2D eigenvalue weighted by atomic mass is 35.5. The number of rotatable bonds is 4. The molecule has 58 valence electrons. The molecule has 0 radical (unpaired) electrons. The Kier molecular flexibility index (Phi) is 10.9. The summed E-state index contributed by atoms with van der Waals surface area (Å²) >= 11 is 0. The van der Waals surface area contributed by atoms with Crippen LogP contribution in [0.25, 0.3) is 0 Å². The van der Waals surface area contributed by atoms with E-state index < -0.39 is 0 Å². The van der Waals surface area contributed by atoms with Crippen molar-refractivity contribution in [3.8, 4) is 0 Å². The molecule has 0 saturated carbocycles. The molecule has 0 aliphatic carbocycles. The number of hydrogen-bond donors (Lipinski definition) is 2. The maximum atomic E-state index is 5.61. The average Bonchev–Trinajstić information content (AvgIpc) is 1.68. The molecule has 0 saturated heterocycles. The SMILES string of the molecule is CCCC(N)CCN.Cl. The van der Waals surface area contributed by atoms with E-state index in [1.54, 1.807) is 0 Å². The molecule has 0 amide bonds. The summed E-state index contributed by atoms with van der Waals surface area (Å²) < 4.78 is 0. The third-order valence-electron chi connectivity index (χ3n) is 1.20. The van der Waals surface area contributed by atoms with Gasteiger partial charge in [0.1, 0.15) is 0 Å². The number of nitrogens with two attached hydrogens (primary N) is 2. The lowest BCUT2D eigenvalue weighted by molar-refractivity contribution is 0.568. The van der Waals surface area contributed by atoms with Gasteiger partial charge in [-0.15, -0.1) is 12.4 Å². The first kappa shape index (κ1) is 11.9. The van der Waals surface area contributed by atoms with Crippen molar-refractivity contribution >= 4 is 12.4 Å². The van der Waals surface area contributed by atoms with Gasteiger partial charge in [0.2, 0.25) is 0 Å². The highest BCUT2D eigenvalue weighted by Gasteiger charge is 1.96. The fourth-order valence-corrected chi connectivity index (χ4v) is 0.729. The molecule has 0 aliphatic rings. The van der Waals surface area contributed by atoms with Crippen LogP contribution in [-0.4, -0.2) is 12.6 Å². The van der Waals surface area contributed by atoms with E-state index in [4.69, 9.17) is 11.5 Å². The molecule has 1 atom stereocenters. The van der Waals surface area contributed by atoms with Gasteiger partial charge >= 0.3 is 0 Å². The molecule has 0 spiro atoms. The zero-order valence-corrected chi connectivity index (χ0v) is 6.79. The maximum Gasteiger partial charge on any atom is 0.00507 e. The number of hydrogen-bond acceptors (Lipinski definition) is 2. The van der Waals surface area contributed by atoms with E-state index in [0.29, 0.717) is 6.04 Å². The smallest absolute Gasteiger partial charge is 0.00507 e. The van der Waals surface area contributed by atoms with Gasteiger partial charge < -0.3 is 11.5 Å². The summed E-state index contributed by atoms with van der Waals surface area (Å²) in [5.41, 5.74) is 10.9. The first-order chi connectivity index (χ1) is 3.81. The van der Waals surface area contributed by atoms with Crippen molar-refractivity contribution < 1.29 is 0 Å². The molecule has 0 heterocycles. The second-order valence-electron chi connectivity index (χ2n) is 2.13. The minimum Gasteiger partial charge on any atom is -0.330 e. The molecule has 9 heavy (non-hydrogen) atoms. The van der Waals surface area contributed by atoms with Crippen molar-refractivity contribution in [3.05, 3.63) is 0 Å².